The summed E-state index contributed by atoms with van der Waals surface area (Å²) in [6.07, 6.45) is -0.189. The van der Waals surface area contributed by atoms with Gasteiger partial charge in [0.15, 0.2) is 0 Å². The monoisotopic (exact) mass is 410 g/mol. The number of halogens is 1. The Labute approximate surface area is 165 Å². The van der Waals surface area contributed by atoms with Gasteiger partial charge in [-0.25, -0.2) is 12.8 Å². The molecule has 1 saturated heterocycles. The molecule has 0 bridgehead atoms. The highest BCUT2D eigenvalue weighted by molar-refractivity contribution is 7.89. The van der Waals surface area contributed by atoms with Crippen molar-refractivity contribution in [3.63, 3.8) is 0 Å². The molecule has 0 radical (unpaired) electrons. The number of aryl methyl sites for hydroxylation is 1. The summed E-state index contributed by atoms with van der Waals surface area (Å²) >= 11 is 0. The van der Waals surface area contributed by atoms with Gasteiger partial charge in [-0.1, -0.05) is 0 Å². The van der Waals surface area contributed by atoms with Crippen LogP contribution >= 0.6 is 0 Å². The zero-order valence-electron chi connectivity index (χ0n) is 16.4. The lowest BCUT2D eigenvalue weighted by Gasteiger charge is -2.34. The van der Waals surface area contributed by atoms with E-state index in [1.807, 2.05) is 32.9 Å². The minimum absolute atomic E-state index is 0.0249. The molecule has 1 aromatic heterocycles. The topological polar surface area (TPSA) is 71.8 Å². The van der Waals surface area contributed by atoms with Gasteiger partial charge in [-0.3, -0.25) is 0 Å². The second-order valence-electron chi connectivity index (χ2n) is 7.29. The van der Waals surface area contributed by atoms with E-state index in [2.05, 4.69) is 5.32 Å². The zero-order valence-corrected chi connectivity index (χ0v) is 17.3. The third-order valence-electron chi connectivity index (χ3n) is 4.73. The highest BCUT2D eigenvalue weighted by atomic mass is 32.2. The first-order chi connectivity index (χ1) is 13.2. The van der Waals surface area contributed by atoms with Gasteiger partial charge in [-0.05, 0) is 56.7 Å². The van der Waals surface area contributed by atoms with Gasteiger partial charge in [0.2, 0.25) is 10.0 Å². The molecule has 1 aliphatic heterocycles. The molecule has 0 aliphatic carbocycles. The quantitative estimate of drug-likeness (QED) is 0.711. The second-order valence-corrected chi connectivity index (χ2v) is 9.38. The number of sulfonamides is 1. The highest BCUT2D eigenvalue weighted by Crippen LogP contribution is 2.26. The van der Waals surface area contributed by atoms with Crippen LogP contribution in [0.4, 0.5) is 4.39 Å². The molecule has 0 spiro atoms. The Morgan fingerprint density at radius 3 is 2.57 bits per heavy atom. The Balaban J connectivity index is 1.51. The van der Waals surface area contributed by atoms with E-state index >= 15 is 0 Å². The minimum atomic E-state index is -3.33. The number of benzene rings is 1. The number of hydrogen-bond acceptors (Lipinski definition) is 5. The van der Waals surface area contributed by atoms with Crippen LogP contribution in [0.25, 0.3) is 11.3 Å². The van der Waals surface area contributed by atoms with E-state index in [0.717, 1.165) is 11.1 Å². The standard InChI is InChI=1S/C20H27FN2O4S/c1-14-10-17(21)4-6-19(14)20-7-5-18(27-20)11-22-8-9-28(24,25)23-12-15(2)26-16(3)13-23/h4-7,10,15-16,22H,8-9,11-13H2,1-3H3. The number of rotatable bonds is 7. The summed E-state index contributed by atoms with van der Waals surface area (Å²) in [7, 11) is -3.33. The maximum absolute atomic E-state index is 13.2. The van der Waals surface area contributed by atoms with Crippen molar-refractivity contribution in [2.24, 2.45) is 0 Å². The van der Waals surface area contributed by atoms with Crippen LogP contribution < -0.4 is 5.32 Å². The number of nitrogens with zero attached hydrogens (tertiary/aromatic N) is 1. The van der Waals surface area contributed by atoms with Crippen LogP contribution in [0, 0.1) is 12.7 Å². The van der Waals surface area contributed by atoms with Crippen molar-refractivity contribution in [1.29, 1.82) is 0 Å². The molecule has 0 saturated carbocycles. The average molecular weight is 411 g/mol. The molecule has 28 heavy (non-hydrogen) atoms. The predicted molar refractivity (Wildman–Crippen MR) is 106 cm³/mol. The zero-order chi connectivity index (χ0) is 20.3. The van der Waals surface area contributed by atoms with Gasteiger partial charge in [0.25, 0.3) is 0 Å². The number of hydrogen-bond donors (Lipinski definition) is 1. The number of nitrogens with one attached hydrogen (secondary N) is 1. The van der Waals surface area contributed by atoms with Crippen molar-refractivity contribution in [1.82, 2.24) is 9.62 Å². The van der Waals surface area contributed by atoms with Gasteiger partial charge in [0.1, 0.15) is 17.3 Å². The predicted octanol–water partition coefficient (Wildman–Crippen LogP) is 2.92. The third-order valence-corrected chi connectivity index (χ3v) is 6.54. The second kappa shape index (κ2) is 8.73. The van der Waals surface area contributed by atoms with Crippen LogP contribution in [-0.4, -0.2) is 50.3 Å². The summed E-state index contributed by atoms with van der Waals surface area (Å²) in [6.45, 7) is 7.13. The lowest BCUT2D eigenvalue weighted by Crippen LogP contribution is -2.49. The minimum Gasteiger partial charge on any atom is -0.460 e. The summed E-state index contributed by atoms with van der Waals surface area (Å²) in [4.78, 5) is 0. The van der Waals surface area contributed by atoms with Crippen LogP contribution in [-0.2, 0) is 21.3 Å². The van der Waals surface area contributed by atoms with Crippen molar-refractivity contribution in [2.45, 2.75) is 39.5 Å². The Morgan fingerprint density at radius 1 is 1.18 bits per heavy atom. The molecule has 1 aromatic carbocycles. The van der Waals surface area contributed by atoms with E-state index in [-0.39, 0.29) is 23.8 Å². The van der Waals surface area contributed by atoms with Crippen LogP contribution in [0.1, 0.15) is 25.2 Å². The molecule has 0 amide bonds. The molecule has 1 fully saturated rings. The van der Waals surface area contributed by atoms with Crippen LogP contribution in [0.3, 0.4) is 0 Å². The fourth-order valence-corrected chi connectivity index (χ4v) is 4.96. The van der Waals surface area contributed by atoms with E-state index in [0.29, 0.717) is 37.7 Å². The fraction of sp³-hybridized carbons (Fsp3) is 0.500. The van der Waals surface area contributed by atoms with Crippen molar-refractivity contribution >= 4 is 10.0 Å². The van der Waals surface area contributed by atoms with Gasteiger partial charge in [-0.15, -0.1) is 0 Å². The number of ether oxygens (including phenoxy) is 1. The van der Waals surface area contributed by atoms with Crippen molar-refractivity contribution in [3.05, 3.63) is 47.5 Å². The van der Waals surface area contributed by atoms with Crippen molar-refractivity contribution in [2.75, 3.05) is 25.4 Å². The molecule has 1 aliphatic rings. The summed E-state index contributed by atoms with van der Waals surface area (Å²) in [5, 5.41) is 3.12. The lowest BCUT2D eigenvalue weighted by atomic mass is 10.1. The molecular formula is C20H27FN2O4S. The maximum Gasteiger partial charge on any atom is 0.215 e. The first-order valence-corrected chi connectivity index (χ1v) is 11.0. The van der Waals surface area contributed by atoms with Crippen LogP contribution in [0.15, 0.2) is 34.7 Å². The van der Waals surface area contributed by atoms with E-state index in [1.165, 1.54) is 16.4 Å². The van der Waals surface area contributed by atoms with Crippen LogP contribution in [0.2, 0.25) is 0 Å². The Bertz CT molecular complexity index is 903. The van der Waals surface area contributed by atoms with E-state index < -0.39 is 10.0 Å². The first-order valence-electron chi connectivity index (χ1n) is 9.44. The van der Waals surface area contributed by atoms with Gasteiger partial charge in [0.05, 0.1) is 24.5 Å². The van der Waals surface area contributed by atoms with E-state index in [4.69, 9.17) is 9.15 Å². The lowest BCUT2D eigenvalue weighted by molar-refractivity contribution is -0.0440. The van der Waals surface area contributed by atoms with Gasteiger partial charge < -0.3 is 14.5 Å². The Morgan fingerprint density at radius 2 is 1.89 bits per heavy atom. The van der Waals surface area contributed by atoms with Gasteiger partial charge >= 0.3 is 0 Å². The Hall–Kier alpha value is -1.74. The molecule has 1 N–H and O–H groups in total. The van der Waals surface area contributed by atoms with E-state index in [9.17, 15) is 12.8 Å². The summed E-state index contributed by atoms with van der Waals surface area (Å²) in [6, 6.07) is 8.24. The SMILES string of the molecule is Cc1cc(F)ccc1-c1ccc(CNCCS(=O)(=O)N2CC(C)OC(C)C2)o1. The fourth-order valence-electron chi connectivity index (χ4n) is 3.42. The maximum atomic E-state index is 13.2. The normalized spacial score (nSPS) is 21.1. The number of morpholine rings is 1. The third kappa shape index (κ3) is 5.20. The van der Waals surface area contributed by atoms with Crippen LogP contribution in [0.5, 0.6) is 0 Å². The molecule has 6 nitrogen and oxygen atoms in total. The summed E-state index contributed by atoms with van der Waals surface area (Å²) in [5.74, 6) is 1.11. The summed E-state index contributed by atoms with van der Waals surface area (Å²) in [5.41, 5.74) is 1.64. The molecule has 154 valence electrons. The van der Waals surface area contributed by atoms with E-state index in [1.54, 1.807) is 6.07 Å². The molecule has 8 heteroatoms. The molecule has 2 atom stereocenters. The van der Waals surface area contributed by atoms with Gasteiger partial charge in [-0.2, -0.15) is 4.31 Å². The molecule has 2 aromatic rings. The molecule has 2 unspecified atom stereocenters. The largest absolute Gasteiger partial charge is 0.460 e. The Kier molecular flexibility index (Phi) is 6.54. The molecule has 3 rings (SSSR count). The number of furan rings is 1. The summed E-state index contributed by atoms with van der Waals surface area (Å²) < 4.78 is 51.2. The average Bonchev–Trinajstić information content (AvgIpc) is 3.06. The first kappa shape index (κ1) is 21.0. The van der Waals surface area contributed by atoms with Crippen molar-refractivity contribution in [3.8, 4) is 11.3 Å². The van der Waals surface area contributed by atoms with Gasteiger partial charge in [0, 0.05) is 25.2 Å². The highest BCUT2D eigenvalue weighted by Gasteiger charge is 2.30. The molecular weight excluding hydrogens is 383 g/mol. The smallest absolute Gasteiger partial charge is 0.215 e. The van der Waals surface area contributed by atoms with Crippen molar-refractivity contribution < 1.29 is 22.0 Å². The molecule has 2 heterocycles.